The van der Waals surface area contributed by atoms with Crippen LogP contribution in [0.25, 0.3) is 0 Å². The zero-order valence-electron chi connectivity index (χ0n) is 18.6. The van der Waals surface area contributed by atoms with Gasteiger partial charge >= 0.3 is 6.09 Å². The first-order valence-corrected chi connectivity index (χ1v) is 10.3. The lowest BCUT2D eigenvalue weighted by molar-refractivity contribution is 0.0214. The molecule has 8 heteroatoms. The quantitative estimate of drug-likeness (QED) is 0.363. The molecule has 1 amide bonds. The molecule has 0 aromatic rings. The molecule has 0 aromatic carbocycles. The van der Waals surface area contributed by atoms with E-state index in [4.69, 9.17) is 14.2 Å². The highest BCUT2D eigenvalue weighted by Gasteiger charge is 2.27. The van der Waals surface area contributed by atoms with E-state index in [1.54, 1.807) is 7.11 Å². The second kappa shape index (κ2) is 12.8. The Hall–Kier alpha value is -1.54. The van der Waals surface area contributed by atoms with Crippen LogP contribution in [0.15, 0.2) is 4.99 Å². The van der Waals surface area contributed by atoms with E-state index in [1.807, 2.05) is 39.6 Å². The van der Waals surface area contributed by atoms with Crippen molar-refractivity contribution in [2.45, 2.75) is 46.1 Å². The third-order valence-corrected chi connectivity index (χ3v) is 4.60. The summed E-state index contributed by atoms with van der Waals surface area (Å²) in [4.78, 5) is 20.8. The summed E-state index contributed by atoms with van der Waals surface area (Å²) >= 11 is 0. The van der Waals surface area contributed by atoms with Gasteiger partial charge in [0.1, 0.15) is 5.60 Å². The molecule has 28 heavy (non-hydrogen) atoms. The molecule has 1 N–H and O–H groups in total. The lowest BCUT2D eigenvalue weighted by atomic mass is 9.96. The van der Waals surface area contributed by atoms with Crippen LogP contribution in [0, 0.1) is 5.92 Å². The maximum atomic E-state index is 12.3. The summed E-state index contributed by atoms with van der Waals surface area (Å²) in [6, 6.07) is 0. The molecule has 0 aromatic heterocycles. The minimum Gasteiger partial charge on any atom is -0.444 e. The second-order valence-electron chi connectivity index (χ2n) is 8.03. The molecular weight excluding hydrogens is 360 g/mol. The van der Waals surface area contributed by atoms with Gasteiger partial charge in [-0.15, -0.1) is 0 Å². The van der Waals surface area contributed by atoms with E-state index in [0.29, 0.717) is 32.3 Å². The molecule has 1 aliphatic rings. The van der Waals surface area contributed by atoms with Gasteiger partial charge < -0.3 is 29.3 Å². The number of aliphatic imine (C=N–C) groups is 1. The number of hydrogen-bond donors (Lipinski definition) is 1. The monoisotopic (exact) mass is 400 g/mol. The predicted molar refractivity (Wildman–Crippen MR) is 112 cm³/mol. The second-order valence-corrected chi connectivity index (χ2v) is 8.03. The highest BCUT2D eigenvalue weighted by atomic mass is 16.6. The number of nitrogens with one attached hydrogen (secondary N) is 1. The first-order chi connectivity index (χ1) is 13.3. The standard InChI is InChI=1S/C20H40N4O4/c1-7-23(19(25)28-20(2,3)4)16-17-8-11-24(12-9-17)18(21-5)22-10-13-27-15-14-26-6/h17H,7-16H2,1-6H3,(H,21,22). The average molecular weight is 401 g/mol. The molecule has 1 heterocycles. The maximum Gasteiger partial charge on any atom is 0.410 e. The molecular formula is C20H40N4O4. The molecule has 0 unspecified atom stereocenters. The van der Waals surface area contributed by atoms with E-state index in [9.17, 15) is 4.79 Å². The van der Waals surface area contributed by atoms with E-state index in [0.717, 1.165) is 45.0 Å². The van der Waals surface area contributed by atoms with Gasteiger partial charge in [0.2, 0.25) is 0 Å². The summed E-state index contributed by atoms with van der Waals surface area (Å²) in [6.45, 7) is 13.5. The van der Waals surface area contributed by atoms with Crippen molar-refractivity contribution in [2.75, 3.05) is 66.7 Å². The van der Waals surface area contributed by atoms with Crippen molar-refractivity contribution in [3.05, 3.63) is 0 Å². The number of methoxy groups -OCH3 is 1. The molecule has 8 nitrogen and oxygen atoms in total. The molecule has 1 rings (SSSR count). The number of piperidine rings is 1. The van der Waals surface area contributed by atoms with Crippen molar-refractivity contribution in [3.8, 4) is 0 Å². The van der Waals surface area contributed by atoms with E-state index in [1.165, 1.54) is 0 Å². The Morgan fingerprint density at radius 3 is 2.43 bits per heavy atom. The number of hydrogen-bond acceptors (Lipinski definition) is 5. The van der Waals surface area contributed by atoms with Gasteiger partial charge in [-0.05, 0) is 46.5 Å². The number of rotatable bonds is 9. The maximum absolute atomic E-state index is 12.3. The van der Waals surface area contributed by atoms with Gasteiger partial charge in [0.05, 0.1) is 19.8 Å². The summed E-state index contributed by atoms with van der Waals surface area (Å²) in [7, 11) is 3.47. The van der Waals surface area contributed by atoms with Crippen molar-refractivity contribution in [1.29, 1.82) is 0 Å². The smallest absolute Gasteiger partial charge is 0.410 e. The Labute approximate surface area is 170 Å². The van der Waals surface area contributed by atoms with E-state index in [-0.39, 0.29) is 6.09 Å². The van der Waals surface area contributed by atoms with Crippen LogP contribution >= 0.6 is 0 Å². The lowest BCUT2D eigenvalue weighted by Gasteiger charge is -2.36. The van der Waals surface area contributed by atoms with Crippen LogP contribution in [0.1, 0.15) is 40.5 Å². The summed E-state index contributed by atoms with van der Waals surface area (Å²) in [5.41, 5.74) is -0.459. The number of nitrogens with zero attached hydrogens (tertiary/aromatic N) is 3. The van der Waals surface area contributed by atoms with Crippen molar-refractivity contribution < 1.29 is 19.0 Å². The minimum absolute atomic E-state index is 0.219. The number of likely N-dealkylation sites (tertiary alicyclic amines) is 1. The zero-order valence-corrected chi connectivity index (χ0v) is 18.6. The van der Waals surface area contributed by atoms with Crippen molar-refractivity contribution in [3.63, 3.8) is 0 Å². The average Bonchev–Trinajstić information content (AvgIpc) is 2.65. The number of amides is 1. The number of guanidine groups is 1. The third-order valence-electron chi connectivity index (χ3n) is 4.60. The molecule has 1 fully saturated rings. The Morgan fingerprint density at radius 2 is 1.89 bits per heavy atom. The van der Waals surface area contributed by atoms with Crippen molar-refractivity contribution >= 4 is 12.1 Å². The van der Waals surface area contributed by atoms with Crippen LogP contribution in [0.5, 0.6) is 0 Å². The fourth-order valence-electron chi connectivity index (χ4n) is 3.11. The first-order valence-electron chi connectivity index (χ1n) is 10.3. The van der Waals surface area contributed by atoms with E-state index < -0.39 is 5.60 Å². The van der Waals surface area contributed by atoms with Crippen LogP contribution < -0.4 is 5.32 Å². The molecule has 0 saturated carbocycles. The normalized spacial score (nSPS) is 16.2. The van der Waals surface area contributed by atoms with Gasteiger partial charge in [0, 0.05) is 46.9 Å². The lowest BCUT2D eigenvalue weighted by Crippen LogP contribution is -2.48. The molecule has 164 valence electrons. The largest absolute Gasteiger partial charge is 0.444 e. The summed E-state index contributed by atoms with van der Waals surface area (Å²) in [5, 5.41) is 3.35. The molecule has 0 atom stereocenters. The number of carbonyl (C=O) groups is 1. The Balaban J connectivity index is 2.36. The Kier molecular flexibility index (Phi) is 11.2. The SMILES string of the molecule is CCN(CC1CCN(C(=NC)NCCOCCOC)CC1)C(=O)OC(C)(C)C. The van der Waals surface area contributed by atoms with Crippen LogP contribution in [-0.4, -0.2) is 94.2 Å². The van der Waals surface area contributed by atoms with Gasteiger partial charge in [-0.1, -0.05) is 0 Å². The fraction of sp³-hybridized carbons (Fsp3) is 0.900. The van der Waals surface area contributed by atoms with E-state index >= 15 is 0 Å². The summed E-state index contributed by atoms with van der Waals surface area (Å²) in [6.07, 6.45) is 1.85. The minimum atomic E-state index is -0.459. The van der Waals surface area contributed by atoms with Gasteiger partial charge in [0.15, 0.2) is 5.96 Å². The molecule has 0 bridgehead atoms. The number of carbonyl (C=O) groups excluding carboxylic acids is 1. The number of ether oxygens (including phenoxy) is 3. The molecule has 1 aliphatic heterocycles. The molecule has 0 spiro atoms. The summed E-state index contributed by atoms with van der Waals surface area (Å²) in [5.74, 6) is 1.40. The van der Waals surface area contributed by atoms with E-state index in [2.05, 4.69) is 15.2 Å². The fourth-order valence-corrected chi connectivity index (χ4v) is 3.11. The Morgan fingerprint density at radius 1 is 1.21 bits per heavy atom. The molecule has 0 aliphatic carbocycles. The third kappa shape index (κ3) is 9.59. The highest BCUT2D eigenvalue weighted by molar-refractivity contribution is 5.79. The van der Waals surface area contributed by atoms with Crippen molar-refractivity contribution in [2.24, 2.45) is 10.9 Å². The van der Waals surface area contributed by atoms with Crippen LogP contribution in [-0.2, 0) is 14.2 Å². The first kappa shape index (κ1) is 24.5. The molecule has 0 radical (unpaired) electrons. The van der Waals surface area contributed by atoms with Gasteiger partial charge in [-0.25, -0.2) is 4.79 Å². The zero-order chi connectivity index (χ0) is 21.0. The Bertz CT molecular complexity index is 471. The van der Waals surface area contributed by atoms with Crippen LogP contribution in [0.4, 0.5) is 4.79 Å². The topological polar surface area (TPSA) is 75.6 Å². The van der Waals surface area contributed by atoms with Crippen LogP contribution in [0.3, 0.4) is 0 Å². The van der Waals surface area contributed by atoms with Gasteiger partial charge in [0.25, 0.3) is 0 Å². The van der Waals surface area contributed by atoms with Crippen molar-refractivity contribution in [1.82, 2.24) is 15.1 Å². The van der Waals surface area contributed by atoms with Gasteiger partial charge in [-0.3, -0.25) is 4.99 Å². The predicted octanol–water partition coefficient (Wildman–Crippen LogP) is 2.19. The molecule has 1 saturated heterocycles. The highest BCUT2D eigenvalue weighted by Crippen LogP contribution is 2.20. The summed E-state index contributed by atoms with van der Waals surface area (Å²) < 4.78 is 16.0. The van der Waals surface area contributed by atoms with Gasteiger partial charge in [-0.2, -0.15) is 0 Å². The van der Waals surface area contributed by atoms with Crippen LogP contribution in [0.2, 0.25) is 0 Å².